The van der Waals surface area contributed by atoms with Crippen LogP contribution in [0.4, 0.5) is 4.79 Å². The third-order valence-corrected chi connectivity index (χ3v) is 7.48. The smallest absolute Gasteiger partial charge is 0.408 e. The van der Waals surface area contributed by atoms with Crippen LogP contribution in [0.2, 0.25) is 0 Å². The van der Waals surface area contributed by atoms with Gasteiger partial charge in [-0.25, -0.2) is 4.79 Å². The number of amides is 4. The molecule has 6 N–H and O–H groups in total. The van der Waals surface area contributed by atoms with Gasteiger partial charge in [0.1, 0.15) is 22.3 Å². The quantitative estimate of drug-likeness (QED) is 0.112. The molecule has 2 atom stereocenters. The largest absolute Gasteiger partial charge is 0.444 e. The number of aromatic amines is 2. The van der Waals surface area contributed by atoms with Crippen LogP contribution < -0.4 is 21.3 Å². The Kier molecular flexibility index (Phi) is 8.81. The molecule has 0 aliphatic carbocycles. The van der Waals surface area contributed by atoms with Crippen molar-refractivity contribution in [2.24, 2.45) is 0 Å². The fourth-order valence-corrected chi connectivity index (χ4v) is 5.17. The zero-order valence-electron chi connectivity index (χ0n) is 26.3. The van der Waals surface area contributed by atoms with Gasteiger partial charge in [0.25, 0.3) is 0 Å². The molecule has 2 heterocycles. The first-order valence-corrected chi connectivity index (χ1v) is 14.5. The van der Waals surface area contributed by atoms with Gasteiger partial charge in [-0.3, -0.25) is 14.4 Å². The number of ether oxygens (including phenoxy) is 1. The maximum absolute atomic E-state index is 14.3. The number of aromatic nitrogens is 2. The third-order valence-electron chi connectivity index (χ3n) is 7.48. The van der Waals surface area contributed by atoms with Crippen molar-refractivity contribution in [3.63, 3.8) is 0 Å². The van der Waals surface area contributed by atoms with E-state index in [0.29, 0.717) is 6.41 Å². The summed E-state index contributed by atoms with van der Waals surface area (Å²) in [5, 5.41) is 13.1. The predicted molar refractivity (Wildman–Crippen MR) is 170 cm³/mol. The highest BCUT2D eigenvalue weighted by molar-refractivity contribution is 5.97. The van der Waals surface area contributed by atoms with E-state index in [4.69, 9.17) is 4.74 Å². The van der Waals surface area contributed by atoms with Gasteiger partial charge < -0.3 is 36.0 Å². The van der Waals surface area contributed by atoms with E-state index >= 15 is 0 Å². The topological polar surface area (TPSA) is 157 Å². The molecule has 0 bridgehead atoms. The van der Waals surface area contributed by atoms with E-state index in [9.17, 15) is 19.2 Å². The van der Waals surface area contributed by atoms with Crippen molar-refractivity contribution in [3.05, 3.63) is 72.1 Å². The molecule has 4 aromatic rings. The number of fused-ring (bicyclic) bond motifs is 2. The van der Waals surface area contributed by atoms with Crippen molar-refractivity contribution in [1.82, 2.24) is 31.2 Å². The second-order valence-corrected chi connectivity index (χ2v) is 13.2. The van der Waals surface area contributed by atoms with Gasteiger partial charge in [0.15, 0.2) is 0 Å². The monoisotopic (exact) mass is 602 g/mol. The number of rotatable bonds is 11. The Hall–Kier alpha value is -4.80. The zero-order chi connectivity index (χ0) is 32.3. The molecule has 2 aromatic carbocycles. The highest BCUT2D eigenvalue weighted by Crippen LogP contribution is 2.26. The maximum atomic E-state index is 14.3. The van der Waals surface area contributed by atoms with Crippen LogP contribution >= 0.6 is 0 Å². The average Bonchev–Trinajstić information content (AvgIpc) is 3.51. The summed E-state index contributed by atoms with van der Waals surface area (Å²) in [4.78, 5) is 58.7. The van der Waals surface area contributed by atoms with Crippen molar-refractivity contribution in [2.75, 3.05) is 0 Å². The first-order valence-electron chi connectivity index (χ1n) is 14.5. The van der Waals surface area contributed by atoms with Crippen LogP contribution in [0.5, 0.6) is 0 Å². The Morgan fingerprint density at radius 3 is 1.77 bits per heavy atom. The third kappa shape index (κ3) is 7.39. The lowest BCUT2D eigenvalue weighted by atomic mass is 9.88. The number of hydrogen-bond acceptors (Lipinski definition) is 5. The van der Waals surface area contributed by atoms with Gasteiger partial charge in [-0.15, -0.1) is 0 Å². The summed E-state index contributed by atoms with van der Waals surface area (Å²) < 4.78 is 5.35. The molecule has 0 spiro atoms. The number of hydrogen-bond donors (Lipinski definition) is 6. The van der Waals surface area contributed by atoms with Crippen molar-refractivity contribution in [2.45, 2.75) is 83.6 Å². The van der Waals surface area contributed by atoms with E-state index in [1.807, 2.05) is 54.7 Å². The zero-order valence-corrected chi connectivity index (χ0v) is 26.3. The molecular weight excluding hydrogens is 560 g/mol. The van der Waals surface area contributed by atoms with E-state index in [1.54, 1.807) is 40.8 Å². The fourth-order valence-electron chi connectivity index (χ4n) is 5.17. The lowest BCUT2D eigenvalue weighted by molar-refractivity contribution is -0.137. The first-order chi connectivity index (χ1) is 20.5. The Balaban J connectivity index is 1.65. The highest BCUT2D eigenvalue weighted by Gasteiger charge is 2.43. The second-order valence-electron chi connectivity index (χ2n) is 13.2. The van der Waals surface area contributed by atoms with Crippen LogP contribution in [-0.4, -0.2) is 56.6 Å². The van der Waals surface area contributed by atoms with Crippen molar-refractivity contribution < 1.29 is 23.9 Å². The fraction of sp³-hybridized carbons (Fsp3) is 0.394. The van der Waals surface area contributed by atoms with Gasteiger partial charge in [0.05, 0.1) is 0 Å². The van der Waals surface area contributed by atoms with Gasteiger partial charge in [0, 0.05) is 47.0 Å². The molecule has 11 heteroatoms. The highest BCUT2D eigenvalue weighted by atomic mass is 16.6. The van der Waals surface area contributed by atoms with Crippen LogP contribution in [0.15, 0.2) is 60.9 Å². The van der Waals surface area contributed by atoms with Crippen LogP contribution in [0, 0.1) is 0 Å². The summed E-state index contributed by atoms with van der Waals surface area (Å²) in [6.45, 7) is 11.6. The summed E-state index contributed by atoms with van der Waals surface area (Å²) in [5.74, 6) is -1.12. The predicted octanol–water partition coefficient (Wildman–Crippen LogP) is 4.19. The van der Waals surface area contributed by atoms with Gasteiger partial charge in [-0.2, -0.15) is 0 Å². The Labute approximate surface area is 256 Å². The van der Waals surface area contributed by atoms with Crippen molar-refractivity contribution in [1.29, 1.82) is 0 Å². The van der Waals surface area contributed by atoms with E-state index < -0.39 is 40.2 Å². The van der Waals surface area contributed by atoms with E-state index in [0.717, 1.165) is 32.9 Å². The van der Waals surface area contributed by atoms with Gasteiger partial charge in [0.2, 0.25) is 18.2 Å². The molecule has 0 saturated heterocycles. The lowest BCUT2D eigenvalue weighted by Crippen LogP contribution is -2.68. The summed E-state index contributed by atoms with van der Waals surface area (Å²) in [6, 6.07) is 15.4. The van der Waals surface area contributed by atoms with Gasteiger partial charge in [-0.1, -0.05) is 36.4 Å². The molecule has 44 heavy (non-hydrogen) atoms. The standard InChI is InChI=1S/C33H42N6O5/c1-30(2,3)44-29(43)39-31(4,5)27(41)37-32(6,16-21-18-34-25-14-10-8-12-23(21)25)28(42)38-33(7,36-20-40)17-22-19-35-26-15-11-9-13-24(22)26/h8-15,18-20,34-35H,16-17H2,1-7H3,(H,36,40)(H,37,41)(H,38,42)(H,39,43)/t32-,33-/m1/s1. The van der Waals surface area contributed by atoms with E-state index in [2.05, 4.69) is 31.2 Å². The Bertz CT molecular complexity index is 1680. The Morgan fingerprint density at radius 1 is 0.727 bits per heavy atom. The summed E-state index contributed by atoms with van der Waals surface area (Å²) >= 11 is 0. The van der Waals surface area contributed by atoms with Crippen molar-refractivity contribution in [3.8, 4) is 0 Å². The van der Waals surface area contributed by atoms with Crippen LogP contribution in [0.3, 0.4) is 0 Å². The molecule has 234 valence electrons. The molecule has 0 fully saturated rings. The number of nitrogens with one attached hydrogen (secondary N) is 6. The summed E-state index contributed by atoms with van der Waals surface area (Å²) in [6.07, 6.45) is 3.81. The molecule has 0 unspecified atom stereocenters. The normalized spacial score (nSPS) is 14.7. The molecule has 0 radical (unpaired) electrons. The summed E-state index contributed by atoms with van der Waals surface area (Å²) in [7, 11) is 0. The molecular formula is C33H42N6O5. The number of carbonyl (C=O) groups is 4. The molecule has 0 saturated carbocycles. The van der Waals surface area contributed by atoms with Crippen molar-refractivity contribution >= 4 is 46.1 Å². The minimum Gasteiger partial charge on any atom is -0.444 e. The van der Waals surface area contributed by atoms with Gasteiger partial charge >= 0.3 is 6.09 Å². The van der Waals surface area contributed by atoms with E-state index in [-0.39, 0.29) is 12.8 Å². The van der Waals surface area contributed by atoms with Crippen LogP contribution in [0.1, 0.15) is 59.6 Å². The van der Waals surface area contributed by atoms with E-state index in [1.165, 1.54) is 13.8 Å². The molecule has 11 nitrogen and oxygen atoms in total. The molecule has 0 aliphatic heterocycles. The minimum absolute atomic E-state index is 0.112. The number of H-pyrrole nitrogens is 2. The number of para-hydroxylation sites is 2. The number of carbonyl (C=O) groups excluding carboxylic acids is 4. The molecule has 2 aromatic heterocycles. The lowest BCUT2D eigenvalue weighted by Gasteiger charge is -2.38. The Morgan fingerprint density at radius 2 is 1.25 bits per heavy atom. The van der Waals surface area contributed by atoms with Gasteiger partial charge in [-0.05, 0) is 71.7 Å². The van der Waals surface area contributed by atoms with Crippen LogP contribution in [-0.2, 0) is 32.0 Å². The van der Waals surface area contributed by atoms with Crippen LogP contribution in [0.25, 0.3) is 21.8 Å². The minimum atomic E-state index is -1.51. The number of alkyl carbamates (subject to hydrolysis) is 1. The second kappa shape index (κ2) is 12.1. The summed E-state index contributed by atoms with van der Waals surface area (Å²) in [5.41, 5.74) is -1.41. The number of benzene rings is 2. The molecule has 0 aliphatic rings. The SMILES string of the molecule is CC(C)(C)OC(=O)NC(C)(C)C(=O)N[C@](C)(Cc1c[nH]c2ccccc12)C(=O)N[C@](C)(Cc1c[nH]c2ccccc12)NC=O. The first kappa shape index (κ1) is 32.1. The average molecular weight is 603 g/mol. The molecule has 4 amide bonds. The maximum Gasteiger partial charge on any atom is 0.408 e. The molecule has 4 rings (SSSR count).